The molecule has 0 amide bonds. The molecule has 3 aromatic heterocycles. The molecule has 210 valence electrons. The Morgan fingerprint density at radius 1 is 0.467 bits per heavy atom. The van der Waals surface area contributed by atoms with Crippen LogP contribution in [0.3, 0.4) is 0 Å². The van der Waals surface area contributed by atoms with Crippen LogP contribution in [-0.2, 0) is 0 Å². The minimum absolute atomic E-state index is 0.0928. The minimum Gasteiger partial charge on any atom is -0.456 e. The lowest BCUT2D eigenvalue weighted by Crippen LogP contribution is -1.96. The summed E-state index contributed by atoms with van der Waals surface area (Å²) in [6, 6.07) is 10.9. The van der Waals surface area contributed by atoms with E-state index in [1.165, 1.54) is 4.57 Å². The Kier molecular flexibility index (Phi) is 2.90. The van der Waals surface area contributed by atoms with E-state index in [-0.39, 0.29) is 43.6 Å². The molecule has 0 unspecified atom stereocenters. The predicted molar refractivity (Wildman–Crippen MR) is 188 cm³/mol. The molecule has 0 aliphatic carbocycles. The second kappa shape index (κ2) is 9.22. The third-order valence-electron chi connectivity index (χ3n) is 8.22. The van der Waals surface area contributed by atoms with Crippen molar-refractivity contribution in [1.82, 2.24) is 9.13 Å². The molecule has 0 spiro atoms. The van der Waals surface area contributed by atoms with E-state index in [1.807, 2.05) is 48.5 Å². The van der Waals surface area contributed by atoms with Gasteiger partial charge in [-0.3, -0.25) is 0 Å². The summed E-state index contributed by atoms with van der Waals surface area (Å²) in [6.07, 6.45) is 0. The first-order valence-electron chi connectivity index (χ1n) is 21.6. The molecule has 3 heterocycles. The molecule has 3 heteroatoms. The van der Waals surface area contributed by atoms with Gasteiger partial charge in [0, 0.05) is 43.7 Å². The average Bonchev–Trinajstić information content (AvgIpc) is 3.93. The van der Waals surface area contributed by atoms with Crippen LogP contribution in [0.2, 0.25) is 0 Å². The molecule has 7 aromatic carbocycles. The van der Waals surface area contributed by atoms with Gasteiger partial charge in [0.05, 0.1) is 42.6 Å². The molecule has 0 saturated heterocycles. The summed E-state index contributed by atoms with van der Waals surface area (Å²) in [5, 5.41) is 0.804. The lowest BCUT2D eigenvalue weighted by Gasteiger charge is -2.12. The van der Waals surface area contributed by atoms with E-state index in [1.54, 1.807) is 18.2 Å². The van der Waals surface area contributed by atoms with Crippen LogP contribution in [0.25, 0.3) is 88.1 Å². The number of hydrogen-bond acceptors (Lipinski definition) is 1. The quantitative estimate of drug-likeness (QED) is 0.201. The van der Waals surface area contributed by atoms with Crippen molar-refractivity contribution in [2.45, 2.75) is 0 Å². The van der Waals surface area contributed by atoms with Crippen LogP contribution >= 0.6 is 0 Å². The van der Waals surface area contributed by atoms with Gasteiger partial charge in [0.1, 0.15) is 11.2 Å². The molecule has 0 aliphatic heterocycles. The SMILES string of the molecule is [2H]c1c([2H])c([2H])c2c(c1[2H])c1c([2H])c(-n3c4c([2H])c([2H])c([2H])c([2H])c4c4c([2H])c([2H])c([2H])c([2H])c43)c([2H])c([2H])c1n2-c1cccc(-c2cccc3oc4ccccc4c23)c1. The van der Waals surface area contributed by atoms with Gasteiger partial charge < -0.3 is 13.6 Å². The number of aromatic nitrogens is 2. The number of rotatable bonds is 3. The maximum Gasteiger partial charge on any atom is 0.136 e. The molecule has 45 heavy (non-hydrogen) atoms. The van der Waals surface area contributed by atoms with Crippen molar-refractivity contribution < 1.29 is 25.0 Å². The summed E-state index contributed by atoms with van der Waals surface area (Å²) >= 11 is 0. The van der Waals surface area contributed by atoms with Gasteiger partial charge in [-0.1, -0.05) is 96.8 Å². The summed E-state index contributed by atoms with van der Waals surface area (Å²) in [5.74, 6) is 0. The molecule has 0 saturated carbocycles. The number of hydrogen-bond donors (Lipinski definition) is 0. The highest BCUT2D eigenvalue weighted by Crippen LogP contribution is 2.40. The maximum atomic E-state index is 9.83. The van der Waals surface area contributed by atoms with E-state index >= 15 is 0 Å². The van der Waals surface area contributed by atoms with Gasteiger partial charge >= 0.3 is 0 Å². The van der Waals surface area contributed by atoms with E-state index < -0.39 is 96.3 Å². The van der Waals surface area contributed by atoms with Gasteiger partial charge in [0.2, 0.25) is 0 Å². The smallest absolute Gasteiger partial charge is 0.136 e. The zero-order valence-corrected chi connectivity index (χ0v) is 23.2. The van der Waals surface area contributed by atoms with Gasteiger partial charge in [0.15, 0.2) is 0 Å². The zero-order chi connectivity index (χ0) is 42.5. The van der Waals surface area contributed by atoms with Crippen LogP contribution in [0.15, 0.2) is 162 Å². The molecule has 3 nitrogen and oxygen atoms in total. The minimum atomic E-state index is -0.707. The van der Waals surface area contributed by atoms with Crippen molar-refractivity contribution in [3.8, 4) is 22.5 Å². The number of furan rings is 1. The first kappa shape index (κ1) is 14.1. The lowest BCUT2D eigenvalue weighted by molar-refractivity contribution is 0.669. The van der Waals surface area contributed by atoms with Crippen molar-refractivity contribution in [2.24, 2.45) is 0 Å². The van der Waals surface area contributed by atoms with E-state index in [4.69, 9.17) is 19.5 Å². The van der Waals surface area contributed by atoms with Gasteiger partial charge in [-0.25, -0.2) is 0 Å². The van der Waals surface area contributed by atoms with Crippen molar-refractivity contribution in [1.29, 1.82) is 0 Å². The van der Waals surface area contributed by atoms with Crippen molar-refractivity contribution in [3.63, 3.8) is 0 Å². The Morgan fingerprint density at radius 3 is 1.82 bits per heavy atom. The third kappa shape index (κ3) is 3.46. The van der Waals surface area contributed by atoms with Crippen LogP contribution in [0.5, 0.6) is 0 Å². The summed E-state index contributed by atoms with van der Waals surface area (Å²) in [4.78, 5) is 0. The van der Waals surface area contributed by atoms with Gasteiger partial charge in [-0.2, -0.15) is 0 Å². The van der Waals surface area contributed by atoms with Gasteiger partial charge in [-0.05, 0) is 71.6 Å². The fourth-order valence-corrected chi connectivity index (χ4v) is 6.35. The average molecular weight is 590 g/mol. The summed E-state index contributed by atoms with van der Waals surface area (Å²) in [6.45, 7) is 0. The molecule has 0 bridgehead atoms. The standard InChI is InChI=1S/C42H26N2O/c1-5-18-36-31(13-1)32-14-2-6-19-37(32)44(36)29-23-24-39-35(26-29)33-15-3-7-20-38(33)43(39)28-12-9-11-27(25-28)30-17-10-22-41-42(30)34-16-4-8-21-40(34)45-41/h1-26H/i1D,2D,3D,5D,6D,7D,13D,14D,15D,18D,19D,20D,23D,24D,26D. The summed E-state index contributed by atoms with van der Waals surface area (Å²) in [5.41, 5.74) is 1.73. The van der Waals surface area contributed by atoms with Crippen LogP contribution in [-0.4, -0.2) is 9.13 Å². The van der Waals surface area contributed by atoms with Gasteiger partial charge in [0.25, 0.3) is 0 Å². The topological polar surface area (TPSA) is 23.0 Å². The Morgan fingerprint density at radius 2 is 1.07 bits per heavy atom. The van der Waals surface area contributed by atoms with E-state index in [9.17, 15) is 5.48 Å². The van der Waals surface area contributed by atoms with Crippen molar-refractivity contribution in [2.75, 3.05) is 0 Å². The molecule has 0 radical (unpaired) electrons. The maximum absolute atomic E-state index is 9.83. The van der Waals surface area contributed by atoms with Crippen LogP contribution < -0.4 is 0 Å². The molecule has 0 atom stereocenters. The Balaban J connectivity index is 1.38. The third-order valence-corrected chi connectivity index (χ3v) is 8.22. The molecule has 10 rings (SSSR count). The Bertz CT molecular complexity index is 3540. The molecular weight excluding hydrogens is 548 g/mol. The van der Waals surface area contributed by atoms with Gasteiger partial charge in [-0.15, -0.1) is 0 Å². The number of nitrogens with zero attached hydrogens (tertiary/aromatic N) is 2. The fraction of sp³-hybridized carbons (Fsp3) is 0. The van der Waals surface area contributed by atoms with Crippen molar-refractivity contribution in [3.05, 3.63) is 157 Å². The largest absolute Gasteiger partial charge is 0.456 e. The fourth-order valence-electron chi connectivity index (χ4n) is 6.35. The van der Waals surface area contributed by atoms with E-state index in [2.05, 4.69) is 0 Å². The van der Waals surface area contributed by atoms with Crippen LogP contribution in [0.4, 0.5) is 0 Å². The normalized spacial score (nSPS) is 16.7. The number of fused-ring (bicyclic) bond motifs is 9. The monoisotopic (exact) mass is 589 g/mol. The highest BCUT2D eigenvalue weighted by atomic mass is 16.3. The summed E-state index contributed by atoms with van der Waals surface area (Å²) < 4.78 is 143. The first-order valence-corrected chi connectivity index (χ1v) is 14.1. The predicted octanol–water partition coefficient (Wildman–Crippen LogP) is 11.4. The highest BCUT2D eigenvalue weighted by molar-refractivity contribution is 6.14. The second-order valence-corrected chi connectivity index (χ2v) is 10.6. The number of para-hydroxylation sites is 4. The first-order chi connectivity index (χ1) is 28.6. The summed E-state index contributed by atoms with van der Waals surface area (Å²) in [7, 11) is 0. The molecule has 10 aromatic rings. The molecule has 0 N–H and O–H groups in total. The van der Waals surface area contributed by atoms with Crippen LogP contribution in [0, 0.1) is 0 Å². The Hall–Kier alpha value is -6.06. The van der Waals surface area contributed by atoms with E-state index in [0.29, 0.717) is 22.4 Å². The highest BCUT2D eigenvalue weighted by Gasteiger charge is 2.17. The lowest BCUT2D eigenvalue weighted by atomic mass is 9.99. The Labute approximate surface area is 279 Å². The van der Waals surface area contributed by atoms with Crippen molar-refractivity contribution >= 4 is 65.6 Å². The number of benzene rings is 7. The second-order valence-electron chi connectivity index (χ2n) is 10.6. The van der Waals surface area contributed by atoms with E-state index in [0.717, 1.165) is 20.9 Å². The molecule has 0 fully saturated rings. The van der Waals surface area contributed by atoms with Crippen LogP contribution in [0.1, 0.15) is 20.6 Å². The molecular formula is C42H26N2O. The zero-order valence-electron chi connectivity index (χ0n) is 38.2. The molecule has 0 aliphatic rings.